The zero-order valence-electron chi connectivity index (χ0n) is 12.8. The van der Waals surface area contributed by atoms with Crippen molar-refractivity contribution in [2.45, 2.75) is 26.4 Å². The Kier molecular flexibility index (Phi) is 4.97. The molecule has 21 heavy (non-hydrogen) atoms. The maximum absolute atomic E-state index is 13.2. The average molecular weight is 287 g/mol. The highest BCUT2D eigenvalue weighted by atomic mass is 19.1. The molecule has 0 amide bonds. The Balaban J connectivity index is 1.98. The highest BCUT2D eigenvalue weighted by Gasteiger charge is 2.10. The Morgan fingerprint density at radius 2 is 1.76 bits per heavy atom. The fourth-order valence-corrected chi connectivity index (χ4v) is 2.53. The molecular weight excluding hydrogens is 265 g/mol. The van der Waals surface area contributed by atoms with Gasteiger partial charge in [-0.3, -0.25) is 0 Å². The molecule has 0 spiro atoms. The van der Waals surface area contributed by atoms with Crippen molar-refractivity contribution >= 4 is 5.69 Å². The highest BCUT2D eigenvalue weighted by Crippen LogP contribution is 2.21. The van der Waals surface area contributed by atoms with Crippen molar-refractivity contribution in [3.63, 3.8) is 0 Å². The zero-order chi connectivity index (χ0) is 15.4. The summed E-state index contributed by atoms with van der Waals surface area (Å²) in [6, 6.07) is 12.6. The number of aryl methyl sites for hydroxylation is 2. The molecule has 2 aromatic rings. The van der Waals surface area contributed by atoms with Gasteiger partial charge in [0.15, 0.2) is 0 Å². The van der Waals surface area contributed by atoms with Gasteiger partial charge in [-0.15, -0.1) is 0 Å². The fourth-order valence-electron chi connectivity index (χ4n) is 2.53. The van der Waals surface area contributed by atoms with Crippen LogP contribution in [0.25, 0.3) is 0 Å². The predicted octanol–water partition coefficient (Wildman–Crippen LogP) is 4.00. The van der Waals surface area contributed by atoms with Crippen molar-refractivity contribution in [3.8, 4) is 0 Å². The van der Waals surface area contributed by atoms with E-state index in [4.69, 9.17) is 0 Å². The number of hydrogen-bond donors (Lipinski definition) is 1. The van der Waals surface area contributed by atoms with Crippen LogP contribution in [-0.2, 0) is 0 Å². The lowest BCUT2D eigenvalue weighted by Crippen LogP contribution is -2.20. The third-order valence-electron chi connectivity index (χ3n) is 3.62. The maximum atomic E-state index is 13.2. The molecule has 2 nitrogen and oxygen atoms in total. The number of anilines is 1. The zero-order valence-corrected chi connectivity index (χ0v) is 12.8. The van der Waals surface area contributed by atoms with Gasteiger partial charge in [0.1, 0.15) is 5.82 Å². The van der Waals surface area contributed by atoms with E-state index in [0.717, 1.165) is 22.4 Å². The van der Waals surface area contributed by atoms with Gasteiger partial charge in [0.05, 0.1) is 6.10 Å². The number of aliphatic hydroxyl groups excluding tert-OH is 1. The van der Waals surface area contributed by atoms with Crippen molar-refractivity contribution < 1.29 is 9.50 Å². The van der Waals surface area contributed by atoms with Crippen molar-refractivity contribution in [1.82, 2.24) is 0 Å². The Morgan fingerprint density at radius 1 is 1.10 bits per heavy atom. The molecule has 0 radical (unpaired) electrons. The van der Waals surface area contributed by atoms with E-state index in [1.165, 1.54) is 12.1 Å². The molecule has 1 N–H and O–H groups in total. The molecule has 0 aliphatic heterocycles. The molecule has 0 fully saturated rings. The number of aliphatic hydroxyl groups is 1. The summed E-state index contributed by atoms with van der Waals surface area (Å²) in [7, 11) is 1.91. The van der Waals surface area contributed by atoms with Crippen LogP contribution in [0.2, 0.25) is 0 Å². The van der Waals surface area contributed by atoms with Crippen LogP contribution >= 0.6 is 0 Å². The van der Waals surface area contributed by atoms with E-state index in [1.54, 1.807) is 6.07 Å². The van der Waals surface area contributed by atoms with Gasteiger partial charge in [0, 0.05) is 19.3 Å². The first kappa shape index (κ1) is 15.5. The van der Waals surface area contributed by atoms with Crippen LogP contribution in [0.5, 0.6) is 0 Å². The van der Waals surface area contributed by atoms with Gasteiger partial charge in [0.25, 0.3) is 0 Å². The molecular formula is C18H22FNO. The second kappa shape index (κ2) is 6.72. The molecule has 0 heterocycles. The van der Waals surface area contributed by atoms with E-state index in [0.29, 0.717) is 13.0 Å². The molecule has 0 bridgehead atoms. The van der Waals surface area contributed by atoms with Crippen LogP contribution in [0.3, 0.4) is 0 Å². The number of benzene rings is 2. The average Bonchev–Trinajstić information content (AvgIpc) is 2.43. The molecule has 2 aromatic carbocycles. The monoisotopic (exact) mass is 287 g/mol. The molecule has 0 aliphatic rings. The van der Waals surface area contributed by atoms with Gasteiger partial charge in [0.2, 0.25) is 0 Å². The fraction of sp³-hybridized carbons (Fsp3) is 0.333. The maximum Gasteiger partial charge on any atom is 0.125 e. The summed E-state index contributed by atoms with van der Waals surface area (Å²) in [5.74, 6) is -0.241. The van der Waals surface area contributed by atoms with Gasteiger partial charge in [-0.25, -0.2) is 4.39 Å². The van der Waals surface area contributed by atoms with E-state index >= 15 is 0 Å². The Labute approximate surface area is 125 Å². The molecule has 2 rings (SSSR count). The number of nitrogens with zero attached hydrogens (tertiary/aromatic N) is 1. The van der Waals surface area contributed by atoms with Crippen molar-refractivity contribution in [3.05, 3.63) is 65.0 Å². The lowest BCUT2D eigenvalue weighted by molar-refractivity contribution is 0.169. The van der Waals surface area contributed by atoms with Crippen LogP contribution < -0.4 is 4.90 Å². The van der Waals surface area contributed by atoms with Crippen molar-refractivity contribution in [1.29, 1.82) is 0 Å². The summed E-state index contributed by atoms with van der Waals surface area (Å²) in [6.07, 6.45) is 0.107. The minimum absolute atomic E-state index is 0.241. The van der Waals surface area contributed by atoms with E-state index in [1.807, 2.05) is 44.0 Å². The number of halogens is 1. The minimum atomic E-state index is -0.500. The predicted molar refractivity (Wildman–Crippen MR) is 85.2 cm³/mol. The normalized spacial score (nSPS) is 12.2. The van der Waals surface area contributed by atoms with Crippen molar-refractivity contribution in [2.24, 2.45) is 0 Å². The Bertz CT molecular complexity index is 592. The first-order valence-electron chi connectivity index (χ1n) is 7.18. The molecule has 0 aliphatic carbocycles. The van der Waals surface area contributed by atoms with E-state index < -0.39 is 6.10 Å². The van der Waals surface area contributed by atoms with E-state index in [9.17, 15) is 9.50 Å². The molecule has 0 saturated carbocycles. The lowest BCUT2D eigenvalue weighted by atomic mass is 10.0. The standard InChI is InChI=1S/C18H22FNO/c1-13-9-14(2)11-15(10-13)18(21)7-8-20(3)17-6-4-5-16(19)12-17/h4-6,9-12,18,21H,7-8H2,1-3H3. The highest BCUT2D eigenvalue weighted by molar-refractivity contribution is 5.45. The van der Waals surface area contributed by atoms with Crippen LogP contribution in [0.1, 0.15) is 29.2 Å². The topological polar surface area (TPSA) is 23.5 Å². The quantitative estimate of drug-likeness (QED) is 0.898. The van der Waals surface area contributed by atoms with Gasteiger partial charge >= 0.3 is 0 Å². The molecule has 1 atom stereocenters. The minimum Gasteiger partial charge on any atom is -0.388 e. The second-order valence-electron chi connectivity index (χ2n) is 5.63. The second-order valence-corrected chi connectivity index (χ2v) is 5.63. The smallest absolute Gasteiger partial charge is 0.125 e. The van der Waals surface area contributed by atoms with Gasteiger partial charge in [-0.1, -0.05) is 35.4 Å². The summed E-state index contributed by atoms with van der Waals surface area (Å²) < 4.78 is 13.2. The van der Waals surface area contributed by atoms with E-state index in [2.05, 4.69) is 6.07 Å². The van der Waals surface area contributed by atoms with Crippen LogP contribution in [-0.4, -0.2) is 18.7 Å². The SMILES string of the molecule is Cc1cc(C)cc(C(O)CCN(C)c2cccc(F)c2)c1. The largest absolute Gasteiger partial charge is 0.388 e. The van der Waals surface area contributed by atoms with Crippen LogP contribution in [0, 0.1) is 19.7 Å². The third-order valence-corrected chi connectivity index (χ3v) is 3.62. The number of hydrogen-bond acceptors (Lipinski definition) is 2. The molecule has 3 heteroatoms. The van der Waals surface area contributed by atoms with E-state index in [-0.39, 0.29) is 5.82 Å². The summed E-state index contributed by atoms with van der Waals surface area (Å²) >= 11 is 0. The lowest BCUT2D eigenvalue weighted by Gasteiger charge is -2.21. The van der Waals surface area contributed by atoms with Gasteiger partial charge in [-0.2, -0.15) is 0 Å². The Hall–Kier alpha value is -1.87. The summed E-state index contributed by atoms with van der Waals surface area (Å²) in [5, 5.41) is 10.3. The molecule has 112 valence electrons. The van der Waals surface area contributed by atoms with Crippen LogP contribution in [0.15, 0.2) is 42.5 Å². The van der Waals surface area contributed by atoms with Crippen LogP contribution in [0.4, 0.5) is 10.1 Å². The van der Waals surface area contributed by atoms with Crippen molar-refractivity contribution in [2.75, 3.05) is 18.5 Å². The summed E-state index contributed by atoms with van der Waals surface area (Å²) in [4.78, 5) is 1.95. The molecule has 0 aromatic heterocycles. The third kappa shape index (κ3) is 4.30. The summed E-state index contributed by atoms with van der Waals surface area (Å²) in [5.41, 5.74) is 4.08. The first-order valence-corrected chi connectivity index (χ1v) is 7.18. The first-order chi connectivity index (χ1) is 9.95. The van der Waals surface area contributed by atoms with Gasteiger partial charge in [-0.05, 0) is 44.0 Å². The number of rotatable bonds is 5. The van der Waals surface area contributed by atoms with Gasteiger partial charge < -0.3 is 10.0 Å². The molecule has 1 unspecified atom stereocenters. The Morgan fingerprint density at radius 3 is 2.38 bits per heavy atom. The molecule has 0 saturated heterocycles. The summed E-state index contributed by atoms with van der Waals surface area (Å²) in [6.45, 7) is 4.72.